The number of aromatic carboxylic acids is 1. The minimum absolute atomic E-state index is 0.00632. The number of hydrogen-bond donors (Lipinski definition) is 2. The molecule has 40 heavy (non-hydrogen) atoms. The van der Waals surface area contributed by atoms with Gasteiger partial charge in [-0.25, -0.2) is 26.4 Å². The summed E-state index contributed by atoms with van der Waals surface area (Å²) >= 11 is 6.19. The maximum Gasteiger partial charge on any atom is 0.357 e. The molecule has 0 unspecified atom stereocenters. The Morgan fingerprint density at radius 3 is 2.17 bits per heavy atom. The zero-order valence-corrected chi connectivity index (χ0v) is 25.5. The molecular weight excluding hydrogens is 584 g/mol. The van der Waals surface area contributed by atoms with E-state index in [-0.39, 0.29) is 32.5 Å². The lowest BCUT2D eigenvalue weighted by Gasteiger charge is -2.22. The van der Waals surface area contributed by atoms with Crippen molar-refractivity contribution in [3.63, 3.8) is 0 Å². The van der Waals surface area contributed by atoms with E-state index in [0.717, 1.165) is 12.5 Å². The zero-order valence-electron chi connectivity index (χ0n) is 23.1. The number of aliphatic imine (C=N–C) groups is 1. The van der Waals surface area contributed by atoms with Crippen molar-refractivity contribution in [2.24, 2.45) is 4.99 Å². The Kier molecular flexibility index (Phi) is 12.3. The lowest BCUT2D eigenvalue weighted by Crippen LogP contribution is -2.25. The third-order valence-electron chi connectivity index (χ3n) is 5.57. The van der Waals surface area contributed by atoms with E-state index in [1.165, 1.54) is 36.2 Å². The number of carboxylic acid groups (broad SMARTS) is 1. The molecule has 0 aliphatic carbocycles. The number of halogens is 1. The molecule has 218 valence electrons. The van der Waals surface area contributed by atoms with Crippen molar-refractivity contribution < 1.29 is 36.4 Å². The Balaban J connectivity index is 0.000000433. The first-order chi connectivity index (χ1) is 18.4. The molecule has 2 rings (SSSR count). The van der Waals surface area contributed by atoms with E-state index in [9.17, 15) is 31.5 Å². The lowest BCUT2D eigenvalue weighted by molar-refractivity contribution is 0.0308. The van der Waals surface area contributed by atoms with E-state index in [0.29, 0.717) is 28.9 Å². The van der Waals surface area contributed by atoms with Gasteiger partial charge in [0.15, 0.2) is 19.7 Å². The molecule has 2 aromatic carbocycles. The highest BCUT2D eigenvalue weighted by Crippen LogP contribution is 2.33. The second-order valence-corrected chi connectivity index (χ2v) is 12.9. The summed E-state index contributed by atoms with van der Waals surface area (Å²) in [5.74, 6) is -1.42. The van der Waals surface area contributed by atoms with Gasteiger partial charge in [0.2, 0.25) is 6.19 Å². The summed E-state index contributed by atoms with van der Waals surface area (Å²) < 4.78 is 47.0. The fourth-order valence-electron chi connectivity index (χ4n) is 3.53. The first kappa shape index (κ1) is 34.5. The summed E-state index contributed by atoms with van der Waals surface area (Å²) in [6, 6.07) is 5.56. The van der Waals surface area contributed by atoms with Gasteiger partial charge in [0.05, 0.1) is 25.9 Å². The highest BCUT2D eigenvalue weighted by atomic mass is 35.5. The quantitative estimate of drug-likeness (QED) is 0.193. The van der Waals surface area contributed by atoms with E-state index in [2.05, 4.69) is 15.3 Å². The smallest absolute Gasteiger partial charge is 0.357 e. The summed E-state index contributed by atoms with van der Waals surface area (Å²) in [7, 11) is -3.80. The molecule has 0 atom stereocenters. The summed E-state index contributed by atoms with van der Waals surface area (Å²) in [4.78, 5) is 32.7. The third kappa shape index (κ3) is 9.02. The number of benzene rings is 2. The predicted molar refractivity (Wildman–Crippen MR) is 150 cm³/mol. The molecule has 0 fully saturated rings. The van der Waals surface area contributed by atoms with E-state index in [1.54, 1.807) is 34.0 Å². The number of nitrogens with zero attached hydrogens (tertiary/aromatic N) is 3. The van der Waals surface area contributed by atoms with Crippen LogP contribution in [0.25, 0.3) is 0 Å². The van der Waals surface area contributed by atoms with Crippen LogP contribution in [0.1, 0.15) is 51.3 Å². The maximum atomic E-state index is 12.2. The first-order valence-electron chi connectivity index (χ1n) is 11.5. The molecule has 0 aromatic heterocycles. The highest BCUT2D eigenvalue weighted by molar-refractivity contribution is 7.91. The van der Waals surface area contributed by atoms with Crippen LogP contribution in [-0.4, -0.2) is 71.2 Å². The Labute approximate surface area is 239 Å². The van der Waals surface area contributed by atoms with Gasteiger partial charge in [-0.05, 0) is 55.7 Å². The number of nitriles is 1. The van der Waals surface area contributed by atoms with Gasteiger partial charge in [-0.1, -0.05) is 18.5 Å². The van der Waals surface area contributed by atoms with Crippen molar-refractivity contribution in [2.75, 3.05) is 26.6 Å². The van der Waals surface area contributed by atoms with Gasteiger partial charge in [-0.2, -0.15) is 15.7 Å². The van der Waals surface area contributed by atoms with Crippen molar-refractivity contribution in [1.82, 2.24) is 10.4 Å². The molecule has 0 aliphatic rings. The van der Waals surface area contributed by atoms with Crippen LogP contribution in [0.3, 0.4) is 0 Å². The van der Waals surface area contributed by atoms with Gasteiger partial charge >= 0.3 is 11.9 Å². The second-order valence-electron chi connectivity index (χ2n) is 8.59. The molecule has 0 spiro atoms. The fourth-order valence-corrected chi connectivity index (χ4v) is 5.88. The Morgan fingerprint density at radius 2 is 1.75 bits per heavy atom. The normalized spacial score (nSPS) is 11.6. The van der Waals surface area contributed by atoms with Crippen LogP contribution in [0.2, 0.25) is 5.02 Å². The monoisotopic (exact) mass is 614 g/mol. The van der Waals surface area contributed by atoms with Gasteiger partial charge in [0.25, 0.3) is 0 Å². The lowest BCUT2D eigenvalue weighted by atomic mass is 10.0. The fraction of sp³-hybridized carbons (Fsp3) is 0.360. The van der Waals surface area contributed by atoms with Crippen molar-refractivity contribution >= 4 is 49.0 Å². The number of sulfone groups is 2. The van der Waals surface area contributed by atoms with Crippen LogP contribution in [0, 0.1) is 18.4 Å². The van der Waals surface area contributed by atoms with Crippen LogP contribution >= 0.6 is 11.6 Å². The number of hydrogen-bond acceptors (Lipinski definition) is 10. The molecule has 0 bridgehead atoms. The Morgan fingerprint density at radius 1 is 1.15 bits per heavy atom. The van der Waals surface area contributed by atoms with E-state index in [1.807, 2.05) is 0 Å². The number of nitrogens with one attached hydrogen (secondary N) is 1. The van der Waals surface area contributed by atoms with Crippen molar-refractivity contribution in [3.05, 3.63) is 57.1 Å². The largest absolute Gasteiger partial charge is 0.478 e. The van der Waals surface area contributed by atoms with Crippen LogP contribution in [0.5, 0.6) is 0 Å². The van der Waals surface area contributed by atoms with Crippen LogP contribution in [-0.2, 0) is 37.5 Å². The molecule has 0 amide bonds. The molecule has 0 saturated carbocycles. The minimum atomic E-state index is -3.63. The number of hydroxylamine groups is 1. The summed E-state index contributed by atoms with van der Waals surface area (Å²) in [6.45, 7) is 4.98. The molecule has 12 nitrogen and oxygen atoms in total. The highest BCUT2D eigenvalue weighted by Gasteiger charge is 2.26. The predicted octanol–water partition coefficient (Wildman–Crippen LogP) is 3.03. The van der Waals surface area contributed by atoms with Gasteiger partial charge < -0.3 is 14.8 Å². The average Bonchev–Trinajstić information content (AvgIpc) is 2.84. The Hall–Kier alpha value is -3.51. The van der Waals surface area contributed by atoms with Crippen molar-refractivity contribution in [1.29, 1.82) is 5.26 Å². The SMILES string of the molecule is CCc1cc(C(=O)O)c(Cl)c(CN(C)C(C)=NC#N)c1S(C)(=O)=O.CNOC(=O)c1ccc(S(C)(=O)=O)cc1C. The number of aryl methyl sites for hydroxylation is 2. The summed E-state index contributed by atoms with van der Waals surface area (Å²) in [5, 5.41) is 17.8. The van der Waals surface area contributed by atoms with E-state index < -0.39 is 31.6 Å². The zero-order chi connectivity index (χ0) is 31.0. The van der Waals surface area contributed by atoms with Gasteiger partial charge in [0.1, 0.15) is 5.84 Å². The molecule has 0 heterocycles. The first-order valence-corrected chi connectivity index (χ1v) is 15.7. The van der Waals surface area contributed by atoms with Gasteiger partial charge in [0, 0.05) is 38.7 Å². The second kappa shape index (κ2) is 14.2. The standard InChI is InChI=1S/C15H18ClN3O4S.C10H13NO4S/c1-5-10-6-11(15(20)21)13(16)12(14(10)24(4,22)23)7-19(3)9(2)18-8-17;1-7-6-8(16(3,13)14)4-5-9(7)10(12)15-11-2/h6H,5,7H2,1-4H3,(H,20,21);4-6,11H,1-3H3. The van der Waals surface area contributed by atoms with Crippen LogP contribution in [0.15, 0.2) is 39.0 Å². The van der Waals surface area contributed by atoms with Gasteiger partial charge in [-0.15, -0.1) is 0 Å². The van der Waals surface area contributed by atoms with Crippen molar-refractivity contribution in [2.45, 2.75) is 43.5 Å². The number of carbonyl (C=O) groups is 2. The Bertz CT molecular complexity index is 1580. The molecule has 2 aromatic rings. The van der Waals surface area contributed by atoms with Crippen LogP contribution in [0.4, 0.5) is 0 Å². The third-order valence-corrected chi connectivity index (χ3v) is 8.36. The topological polar surface area (TPSA) is 183 Å². The molecule has 2 N–H and O–H groups in total. The number of carboxylic acids is 1. The molecule has 0 radical (unpaired) electrons. The molecule has 0 aliphatic heterocycles. The maximum absolute atomic E-state index is 12.2. The minimum Gasteiger partial charge on any atom is -0.478 e. The van der Waals surface area contributed by atoms with Gasteiger partial charge in [-0.3, -0.25) is 0 Å². The van der Waals surface area contributed by atoms with Crippen molar-refractivity contribution in [3.8, 4) is 6.19 Å². The number of carbonyl (C=O) groups excluding carboxylic acids is 1. The average molecular weight is 615 g/mol. The molecular formula is C25H31ClN4O8S2. The van der Waals surface area contributed by atoms with Crippen LogP contribution < -0.4 is 5.48 Å². The number of amidine groups is 1. The molecule has 0 saturated heterocycles. The van der Waals surface area contributed by atoms with E-state index >= 15 is 0 Å². The molecule has 15 heteroatoms. The van der Waals surface area contributed by atoms with E-state index in [4.69, 9.17) is 16.9 Å². The number of rotatable bonds is 8. The summed E-state index contributed by atoms with van der Waals surface area (Å²) in [5.41, 5.74) is 3.58. The summed E-state index contributed by atoms with van der Waals surface area (Å²) in [6.07, 6.45) is 4.15.